The van der Waals surface area contributed by atoms with Crippen molar-refractivity contribution in [2.24, 2.45) is 5.92 Å². The van der Waals surface area contributed by atoms with Crippen LogP contribution in [0.4, 0.5) is 0 Å². The van der Waals surface area contributed by atoms with Gasteiger partial charge in [0.1, 0.15) is 11.9 Å². The van der Waals surface area contributed by atoms with Gasteiger partial charge in [-0.1, -0.05) is 18.2 Å². The molecule has 4 heteroatoms. The first-order valence-electron chi connectivity index (χ1n) is 8.86. The number of benzene rings is 1. The highest BCUT2D eigenvalue weighted by molar-refractivity contribution is 8.02. The number of hydrogen-bond acceptors (Lipinski definition) is 4. The van der Waals surface area contributed by atoms with Crippen molar-refractivity contribution in [3.8, 4) is 5.75 Å². The minimum Gasteiger partial charge on any atom is -0.489 e. The lowest BCUT2D eigenvalue weighted by molar-refractivity contribution is 0.0875. The number of ether oxygens (including phenoxy) is 1. The normalized spacial score (nSPS) is 25.4. The van der Waals surface area contributed by atoms with Crippen LogP contribution in [0.2, 0.25) is 0 Å². The van der Waals surface area contributed by atoms with E-state index in [-0.39, 0.29) is 0 Å². The van der Waals surface area contributed by atoms with Gasteiger partial charge in [-0.15, -0.1) is 11.8 Å². The number of hydrogen-bond donors (Lipinski definition) is 0. The Kier molecular flexibility index (Phi) is 4.81. The van der Waals surface area contributed by atoms with Crippen molar-refractivity contribution in [1.29, 1.82) is 0 Å². The summed E-state index contributed by atoms with van der Waals surface area (Å²) in [7, 11) is 0. The zero-order valence-electron chi connectivity index (χ0n) is 13.7. The number of rotatable bonds is 4. The Morgan fingerprint density at radius 2 is 1.96 bits per heavy atom. The third-order valence-corrected chi connectivity index (χ3v) is 6.07. The molecule has 0 aromatic heterocycles. The Balaban J connectivity index is 1.23. The van der Waals surface area contributed by atoms with Gasteiger partial charge in [0, 0.05) is 19.3 Å². The summed E-state index contributed by atoms with van der Waals surface area (Å²) in [5, 5.41) is 2.22. The molecule has 3 aliphatic rings. The molecule has 124 valence electrons. The fourth-order valence-electron chi connectivity index (χ4n) is 3.90. The summed E-state index contributed by atoms with van der Waals surface area (Å²) in [4.78, 5) is 5.08. The molecule has 1 atom stereocenters. The highest BCUT2D eigenvalue weighted by Crippen LogP contribution is 2.28. The van der Waals surface area contributed by atoms with Crippen molar-refractivity contribution in [1.82, 2.24) is 9.80 Å². The van der Waals surface area contributed by atoms with Crippen LogP contribution in [-0.4, -0.2) is 48.0 Å². The summed E-state index contributed by atoms with van der Waals surface area (Å²) in [5.74, 6) is 3.12. The number of thioether (sulfide) groups is 1. The molecule has 0 spiro atoms. The number of para-hydroxylation sites is 1. The van der Waals surface area contributed by atoms with Gasteiger partial charge in [-0.05, 0) is 61.7 Å². The van der Waals surface area contributed by atoms with Gasteiger partial charge in [-0.25, -0.2) is 0 Å². The van der Waals surface area contributed by atoms with Crippen molar-refractivity contribution in [2.45, 2.75) is 31.8 Å². The molecule has 1 aromatic rings. The molecular formula is C19H26N2OS. The molecule has 1 saturated heterocycles. The van der Waals surface area contributed by atoms with Gasteiger partial charge in [-0.3, -0.25) is 4.90 Å². The molecule has 0 radical (unpaired) electrons. The van der Waals surface area contributed by atoms with E-state index in [9.17, 15) is 0 Å². The van der Waals surface area contributed by atoms with Gasteiger partial charge in [0.05, 0.1) is 5.88 Å². The third-order valence-electron chi connectivity index (χ3n) is 5.27. The van der Waals surface area contributed by atoms with Crippen LogP contribution >= 0.6 is 11.8 Å². The molecule has 0 N–H and O–H groups in total. The zero-order chi connectivity index (χ0) is 15.5. The number of nitrogens with zero attached hydrogens (tertiary/aromatic N) is 2. The summed E-state index contributed by atoms with van der Waals surface area (Å²) < 4.78 is 6.21. The third kappa shape index (κ3) is 3.86. The number of aryl methyl sites for hydroxylation is 1. The molecule has 0 aliphatic carbocycles. The van der Waals surface area contributed by atoms with Crippen LogP contribution in [0.15, 0.2) is 35.9 Å². The maximum Gasteiger partial charge on any atom is 0.122 e. The average Bonchev–Trinajstić information content (AvgIpc) is 3.10. The smallest absolute Gasteiger partial charge is 0.122 e. The second kappa shape index (κ2) is 7.18. The van der Waals surface area contributed by atoms with Gasteiger partial charge in [0.25, 0.3) is 0 Å². The van der Waals surface area contributed by atoms with Gasteiger partial charge in [0.15, 0.2) is 0 Å². The van der Waals surface area contributed by atoms with E-state index in [1.165, 1.54) is 38.0 Å². The van der Waals surface area contributed by atoms with Crippen LogP contribution in [-0.2, 0) is 6.42 Å². The lowest BCUT2D eigenvalue weighted by Crippen LogP contribution is -2.43. The average molecular weight is 330 g/mol. The quantitative estimate of drug-likeness (QED) is 0.838. The van der Waals surface area contributed by atoms with E-state index in [2.05, 4.69) is 45.7 Å². The van der Waals surface area contributed by atoms with E-state index in [4.69, 9.17) is 4.74 Å². The molecule has 0 bridgehead atoms. The summed E-state index contributed by atoms with van der Waals surface area (Å²) in [6.45, 7) is 4.80. The predicted octanol–water partition coefficient (Wildman–Crippen LogP) is 3.57. The summed E-state index contributed by atoms with van der Waals surface area (Å²) in [5.41, 5.74) is 1.37. The van der Waals surface area contributed by atoms with Crippen molar-refractivity contribution < 1.29 is 4.74 Å². The standard InChI is InChI=1S/C19H26N2OS/c1-2-4-19-17(3-1)5-6-18(22-19)14-20-9-7-16(8-10-20)13-21-11-12-23-15-21/h1-4,11-12,16,18H,5-10,13-15H2. The van der Waals surface area contributed by atoms with Crippen molar-refractivity contribution >= 4 is 11.8 Å². The maximum absolute atomic E-state index is 6.21. The SMILES string of the molecule is C1=CN(CC2CCN(CC3CCc4ccccc4O3)CC2)CS1. The molecule has 1 unspecified atom stereocenters. The van der Waals surface area contributed by atoms with Crippen LogP contribution in [0.3, 0.4) is 0 Å². The van der Waals surface area contributed by atoms with Gasteiger partial charge < -0.3 is 9.64 Å². The first-order valence-corrected chi connectivity index (χ1v) is 9.91. The first-order chi connectivity index (χ1) is 11.4. The molecule has 3 aliphatic heterocycles. The molecule has 1 fully saturated rings. The van der Waals surface area contributed by atoms with Crippen LogP contribution in [0.25, 0.3) is 0 Å². The van der Waals surface area contributed by atoms with Crippen LogP contribution in [0.5, 0.6) is 5.75 Å². The zero-order valence-corrected chi connectivity index (χ0v) is 14.5. The highest BCUT2D eigenvalue weighted by atomic mass is 32.2. The van der Waals surface area contributed by atoms with E-state index in [1.54, 1.807) is 0 Å². The Morgan fingerprint density at radius 1 is 1.09 bits per heavy atom. The molecule has 3 heterocycles. The van der Waals surface area contributed by atoms with E-state index in [1.807, 2.05) is 11.8 Å². The van der Waals surface area contributed by atoms with E-state index in [0.29, 0.717) is 6.10 Å². The van der Waals surface area contributed by atoms with Gasteiger partial charge in [0.2, 0.25) is 0 Å². The second-order valence-electron chi connectivity index (χ2n) is 6.98. The van der Waals surface area contributed by atoms with E-state index in [0.717, 1.165) is 36.9 Å². The Bertz CT molecular complexity index is 554. The molecule has 23 heavy (non-hydrogen) atoms. The lowest BCUT2D eigenvalue weighted by Gasteiger charge is -2.36. The van der Waals surface area contributed by atoms with E-state index >= 15 is 0 Å². The Morgan fingerprint density at radius 3 is 2.78 bits per heavy atom. The van der Waals surface area contributed by atoms with Crippen molar-refractivity contribution in [3.05, 3.63) is 41.4 Å². The van der Waals surface area contributed by atoms with E-state index < -0.39 is 0 Å². The molecular weight excluding hydrogens is 304 g/mol. The summed E-state index contributed by atoms with van der Waals surface area (Å²) in [6, 6.07) is 8.51. The number of fused-ring (bicyclic) bond motifs is 1. The maximum atomic E-state index is 6.21. The molecule has 0 saturated carbocycles. The fourth-order valence-corrected chi connectivity index (χ4v) is 4.63. The minimum atomic E-state index is 0.374. The summed E-state index contributed by atoms with van der Waals surface area (Å²) >= 11 is 1.91. The highest BCUT2D eigenvalue weighted by Gasteiger charge is 2.26. The monoisotopic (exact) mass is 330 g/mol. The Hall–Kier alpha value is -1.13. The lowest BCUT2D eigenvalue weighted by atomic mass is 9.95. The summed E-state index contributed by atoms with van der Waals surface area (Å²) in [6.07, 6.45) is 7.61. The van der Waals surface area contributed by atoms with Crippen molar-refractivity contribution in [3.63, 3.8) is 0 Å². The molecule has 0 amide bonds. The van der Waals surface area contributed by atoms with Gasteiger partial charge in [-0.2, -0.15) is 0 Å². The largest absolute Gasteiger partial charge is 0.489 e. The molecule has 1 aromatic carbocycles. The van der Waals surface area contributed by atoms with Crippen LogP contribution < -0.4 is 4.74 Å². The number of likely N-dealkylation sites (tertiary alicyclic amines) is 1. The minimum absolute atomic E-state index is 0.374. The number of piperidine rings is 1. The Labute approximate surface area is 143 Å². The fraction of sp³-hybridized carbons (Fsp3) is 0.579. The predicted molar refractivity (Wildman–Crippen MR) is 96.6 cm³/mol. The van der Waals surface area contributed by atoms with Crippen molar-refractivity contribution in [2.75, 3.05) is 32.1 Å². The van der Waals surface area contributed by atoms with Crippen LogP contribution in [0, 0.1) is 5.92 Å². The topological polar surface area (TPSA) is 15.7 Å². The first kappa shape index (κ1) is 15.4. The van der Waals surface area contributed by atoms with Crippen LogP contribution in [0.1, 0.15) is 24.8 Å². The second-order valence-corrected chi connectivity index (χ2v) is 7.85. The molecule has 3 nitrogen and oxygen atoms in total. The molecule has 4 rings (SSSR count). The van der Waals surface area contributed by atoms with Gasteiger partial charge >= 0.3 is 0 Å².